The van der Waals surface area contributed by atoms with Gasteiger partial charge < -0.3 is 14.3 Å². The van der Waals surface area contributed by atoms with Crippen LogP contribution in [0.3, 0.4) is 0 Å². The number of carbonyl (C=O) groups excluding carboxylic acids is 1. The SMILES string of the molecule is CCn1cnnc1-c1ccccc1NC(=O)/C=C/c1ccco1. The zero-order valence-corrected chi connectivity index (χ0v) is 12.6. The van der Waals surface area contributed by atoms with Crippen LogP contribution in [0.25, 0.3) is 17.5 Å². The first-order chi connectivity index (χ1) is 11.3. The highest BCUT2D eigenvalue weighted by Crippen LogP contribution is 2.26. The Morgan fingerprint density at radius 3 is 2.96 bits per heavy atom. The number of anilines is 1. The largest absolute Gasteiger partial charge is 0.465 e. The van der Waals surface area contributed by atoms with Crippen LogP contribution in [0.4, 0.5) is 5.69 Å². The maximum absolute atomic E-state index is 12.1. The lowest BCUT2D eigenvalue weighted by molar-refractivity contribution is -0.111. The molecule has 0 atom stereocenters. The van der Waals surface area contributed by atoms with Crippen LogP contribution in [0.5, 0.6) is 0 Å². The van der Waals surface area contributed by atoms with Gasteiger partial charge in [-0.25, -0.2) is 0 Å². The Kier molecular flexibility index (Phi) is 4.33. The number of rotatable bonds is 5. The molecule has 1 N–H and O–H groups in total. The van der Waals surface area contributed by atoms with Crippen molar-refractivity contribution in [3.63, 3.8) is 0 Å². The first-order valence-corrected chi connectivity index (χ1v) is 7.27. The Hall–Kier alpha value is -3.15. The third kappa shape index (κ3) is 3.37. The van der Waals surface area contributed by atoms with E-state index in [9.17, 15) is 4.79 Å². The van der Waals surface area contributed by atoms with Crippen LogP contribution < -0.4 is 5.32 Å². The number of amides is 1. The molecule has 0 aliphatic heterocycles. The third-order valence-electron chi connectivity index (χ3n) is 3.32. The van der Waals surface area contributed by atoms with Gasteiger partial charge in [0.05, 0.1) is 12.0 Å². The van der Waals surface area contributed by atoms with Crippen molar-refractivity contribution in [1.29, 1.82) is 0 Å². The van der Waals surface area contributed by atoms with Crippen molar-refractivity contribution < 1.29 is 9.21 Å². The second kappa shape index (κ2) is 6.74. The fourth-order valence-corrected chi connectivity index (χ4v) is 2.20. The molecule has 1 aromatic carbocycles. The Morgan fingerprint density at radius 1 is 1.30 bits per heavy atom. The molecule has 1 amide bonds. The number of aryl methyl sites for hydroxylation is 1. The fourth-order valence-electron chi connectivity index (χ4n) is 2.20. The summed E-state index contributed by atoms with van der Waals surface area (Å²) in [6.07, 6.45) is 6.28. The molecule has 3 rings (SSSR count). The molecular formula is C17H16N4O2. The van der Waals surface area contributed by atoms with Crippen molar-refractivity contribution >= 4 is 17.7 Å². The summed E-state index contributed by atoms with van der Waals surface area (Å²) in [6, 6.07) is 11.1. The lowest BCUT2D eigenvalue weighted by Gasteiger charge is -2.10. The molecule has 0 aliphatic rings. The van der Waals surface area contributed by atoms with Gasteiger partial charge in [0.25, 0.3) is 0 Å². The van der Waals surface area contributed by atoms with E-state index in [1.807, 2.05) is 35.8 Å². The molecule has 0 saturated heterocycles. The molecule has 6 heteroatoms. The number of nitrogens with zero attached hydrogens (tertiary/aromatic N) is 3. The topological polar surface area (TPSA) is 73.0 Å². The molecule has 2 aromatic heterocycles. The summed E-state index contributed by atoms with van der Waals surface area (Å²) in [4.78, 5) is 12.1. The van der Waals surface area contributed by atoms with E-state index in [1.165, 1.54) is 6.08 Å². The van der Waals surface area contributed by atoms with Crippen LogP contribution >= 0.6 is 0 Å². The van der Waals surface area contributed by atoms with Crippen LogP contribution in [-0.4, -0.2) is 20.7 Å². The molecule has 0 aliphatic carbocycles. The van der Waals surface area contributed by atoms with Crippen LogP contribution in [0.15, 0.2) is 59.5 Å². The van der Waals surface area contributed by atoms with Gasteiger partial charge in [-0.15, -0.1) is 10.2 Å². The average molecular weight is 308 g/mol. The van der Waals surface area contributed by atoms with Gasteiger partial charge in [-0.2, -0.15) is 0 Å². The molecule has 116 valence electrons. The molecule has 0 unspecified atom stereocenters. The van der Waals surface area contributed by atoms with Gasteiger partial charge in [-0.05, 0) is 37.3 Å². The van der Waals surface area contributed by atoms with Crippen molar-refractivity contribution in [3.05, 3.63) is 60.8 Å². The van der Waals surface area contributed by atoms with E-state index in [2.05, 4.69) is 15.5 Å². The highest BCUT2D eigenvalue weighted by atomic mass is 16.3. The van der Waals surface area contributed by atoms with Crippen LogP contribution in [0.1, 0.15) is 12.7 Å². The Bertz CT molecular complexity index is 819. The zero-order valence-electron chi connectivity index (χ0n) is 12.6. The number of para-hydroxylation sites is 1. The monoisotopic (exact) mass is 308 g/mol. The highest BCUT2D eigenvalue weighted by molar-refractivity contribution is 6.03. The van der Waals surface area contributed by atoms with Gasteiger partial charge in [-0.3, -0.25) is 4.79 Å². The second-order valence-electron chi connectivity index (χ2n) is 4.82. The molecule has 6 nitrogen and oxygen atoms in total. The van der Waals surface area contributed by atoms with Gasteiger partial charge in [0.2, 0.25) is 5.91 Å². The van der Waals surface area contributed by atoms with Crippen LogP contribution in [0, 0.1) is 0 Å². The number of hydrogen-bond acceptors (Lipinski definition) is 4. The standard InChI is InChI=1S/C17H16N4O2/c1-2-21-12-18-20-17(21)14-7-3-4-8-15(14)19-16(22)10-9-13-6-5-11-23-13/h3-12H,2H2,1H3,(H,19,22)/b10-9+. The number of aromatic nitrogens is 3. The van der Waals surface area contributed by atoms with Gasteiger partial charge in [0.1, 0.15) is 12.1 Å². The van der Waals surface area contributed by atoms with E-state index < -0.39 is 0 Å². The summed E-state index contributed by atoms with van der Waals surface area (Å²) >= 11 is 0. The summed E-state index contributed by atoms with van der Waals surface area (Å²) in [6.45, 7) is 2.77. The molecule has 2 heterocycles. The summed E-state index contributed by atoms with van der Waals surface area (Å²) in [5.41, 5.74) is 1.51. The van der Waals surface area contributed by atoms with E-state index in [4.69, 9.17) is 4.42 Å². The number of furan rings is 1. The smallest absolute Gasteiger partial charge is 0.248 e. The summed E-state index contributed by atoms with van der Waals surface area (Å²) in [7, 11) is 0. The van der Waals surface area contributed by atoms with Crippen molar-refractivity contribution in [2.45, 2.75) is 13.5 Å². The van der Waals surface area contributed by atoms with Crippen molar-refractivity contribution in [3.8, 4) is 11.4 Å². The second-order valence-corrected chi connectivity index (χ2v) is 4.82. The van der Waals surface area contributed by atoms with Gasteiger partial charge in [0.15, 0.2) is 5.82 Å². The predicted molar refractivity (Wildman–Crippen MR) is 87.5 cm³/mol. The van der Waals surface area contributed by atoms with Crippen molar-refractivity contribution in [1.82, 2.24) is 14.8 Å². The van der Waals surface area contributed by atoms with E-state index >= 15 is 0 Å². The molecule has 3 aromatic rings. The van der Waals surface area contributed by atoms with Crippen molar-refractivity contribution in [2.24, 2.45) is 0 Å². The zero-order chi connectivity index (χ0) is 16.1. The number of carbonyl (C=O) groups is 1. The van der Waals surface area contributed by atoms with E-state index in [0.29, 0.717) is 11.4 Å². The Labute approximate surface area is 133 Å². The Morgan fingerprint density at radius 2 is 2.17 bits per heavy atom. The molecule has 0 spiro atoms. The Balaban J connectivity index is 1.82. The van der Waals surface area contributed by atoms with E-state index in [1.54, 1.807) is 30.8 Å². The van der Waals surface area contributed by atoms with Gasteiger partial charge in [0, 0.05) is 18.2 Å². The van der Waals surface area contributed by atoms with Gasteiger partial charge >= 0.3 is 0 Å². The average Bonchev–Trinajstić information content (AvgIpc) is 3.24. The van der Waals surface area contributed by atoms with Gasteiger partial charge in [-0.1, -0.05) is 12.1 Å². The molecule has 0 fully saturated rings. The quantitative estimate of drug-likeness (QED) is 0.735. The highest BCUT2D eigenvalue weighted by Gasteiger charge is 2.12. The summed E-state index contributed by atoms with van der Waals surface area (Å²) in [5, 5.41) is 10.9. The van der Waals surface area contributed by atoms with Crippen LogP contribution in [-0.2, 0) is 11.3 Å². The lowest BCUT2D eigenvalue weighted by Crippen LogP contribution is -2.09. The maximum atomic E-state index is 12.1. The third-order valence-corrected chi connectivity index (χ3v) is 3.32. The number of benzene rings is 1. The van der Waals surface area contributed by atoms with Crippen molar-refractivity contribution in [2.75, 3.05) is 5.32 Å². The molecule has 0 bridgehead atoms. The minimum atomic E-state index is -0.239. The lowest BCUT2D eigenvalue weighted by atomic mass is 10.1. The normalized spacial score (nSPS) is 11.0. The molecule has 23 heavy (non-hydrogen) atoms. The predicted octanol–water partition coefficient (Wildman–Crippen LogP) is 3.21. The fraction of sp³-hybridized carbons (Fsp3) is 0.118. The molecule has 0 saturated carbocycles. The molecule has 0 radical (unpaired) electrons. The summed E-state index contributed by atoms with van der Waals surface area (Å²) < 4.78 is 7.08. The summed E-state index contributed by atoms with van der Waals surface area (Å²) in [5.74, 6) is 1.11. The van der Waals surface area contributed by atoms with Crippen LogP contribution in [0.2, 0.25) is 0 Å². The first-order valence-electron chi connectivity index (χ1n) is 7.27. The van der Waals surface area contributed by atoms with E-state index in [-0.39, 0.29) is 5.91 Å². The first kappa shape index (κ1) is 14.8. The maximum Gasteiger partial charge on any atom is 0.248 e. The minimum Gasteiger partial charge on any atom is -0.465 e. The van der Waals surface area contributed by atoms with E-state index in [0.717, 1.165) is 17.9 Å². The number of nitrogens with one attached hydrogen (secondary N) is 1. The molecular weight excluding hydrogens is 292 g/mol. The minimum absolute atomic E-state index is 0.239. The number of hydrogen-bond donors (Lipinski definition) is 1.